The number of nitrogens with two attached hydrogens (primary N) is 1. The highest BCUT2D eigenvalue weighted by Crippen LogP contribution is 2.37. The molecule has 2 unspecified atom stereocenters. The van der Waals surface area contributed by atoms with Crippen molar-refractivity contribution in [3.63, 3.8) is 0 Å². The zero-order valence-electron chi connectivity index (χ0n) is 15.1. The summed E-state index contributed by atoms with van der Waals surface area (Å²) in [5, 5.41) is 0. The van der Waals surface area contributed by atoms with Crippen molar-refractivity contribution >= 4 is 11.6 Å². The number of fused-ring (bicyclic) bond motifs is 2. The summed E-state index contributed by atoms with van der Waals surface area (Å²) in [6, 6.07) is 5.40. The van der Waals surface area contributed by atoms with Crippen molar-refractivity contribution < 1.29 is 4.79 Å². The first-order valence-corrected chi connectivity index (χ1v) is 9.96. The molecule has 5 heteroatoms. The number of pyridine rings is 1. The number of piperidine rings is 2. The van der Waals surface area contributed by atoms with Gasteiger partial charge >= 0.3 is 0 Å². The molecule has 0 aromatic carbocycles. The number of hydrogen-bond donors (Lipinski definition) is 1. The van der Waals surface area contributed by atoms with E-state index in [4.69, 9.17) is 5.73 Å². The van der Waals surface area contributed by atoms with Gasteiger partial charge in [-0.25, -0.2) is 4.98 Å². The Morgan fingerprint density at radius 1 is 1.12 bits per heavy atom. The van der Waals surface area contributed by atoms with Gasteiger partial charge in [0.2, 0.25) is 0 Å². The number of anilines is 1. The number of ketones is 1. The number of rotatable bonds is 5. The Hall–Kier alpha value is -1.46. The quantitative estimate of drug-likeness (QED) is 0.834. The first kappa shape index (κ1) is 17.0. The summed E-state index contributed by atoms with van der Waals surface area (Å²) in [6.45, 7) is 3.17. The summed E-state index contributed by atoms with van der Waals surface area (Å²) in [4.78, 5) is 22.0. The first-order chi connectivity index (χ1) is 12.2. The molecule has 4 heterocycles. The van der Waals surface area contributed by atoms with Crippen LogP contribution in [-0.4, -0.2) is 53.4 Å². The lowest BCUT2D eigenvalue weighted by Crippen LogP contribution is -2.47. The van der Waals surface area contributed by atoms with Gasteiger partial charge < -0.3 is 15.5 Å². The van der Waals surface area contributed by atoms with E-state index in [1.807, 2.05) is 12.1 Å². The number of likely N-dealkylation sites (tertiary alicyclic amines) is 1. The van der Waals surface area contributed by atoms with E-state index in [9.17, 15) is 4.79 Å². The van der Waals surface area contributed by atoms with E-state index in [2.05, 4.69) is 14.8 Å². The average Bonchev–Trinajstić information content (AvgIpc) is 2.92. The van der Waals surface area contributed by atoms with Crippen molar-refractivity contribution in [3.8, 4) is 0 Å². The van der Waals surface area contributed by atoms with E-state index in [1.165, 1.54) is 32.1 Å². The van der Waals surface area contributed by atoms with Crippen molar-refractivity contribution in [1.29, 1.82) is 0 Å². The molecule has 3 aliphatic rings. The van der Waals surface area contributed by atoms with Gasteiger partial charge in [-0.2, -0.15) is 0 Å². The summed E-state index contributed by atoms with van der Waals surface area (Å²) in [5.41, 5.74) is 6.91. The minimum Gasteiger partial charge on any atom is -0.351 e. The second kappa shape index (κ2) is 7.42. The van der Waals surface area contributed by atoms with Crippen molar-refractivity contribution in [1.82, 2.24) is 9.88 Å². The molecule has 0 radical (unpaired) electrons. The highest BCUT2D eigenvalue weighted by atomic mass is 16.1. The van der Waals surface area contributed by atoms with E-state index in [1.54, 1.807) is 6.20 Å². The lowest BCUT2D eigenvalue weighted by atomic mass is 9.98. The molecule has 25 heavy (non-hydrogen) atoms. The zero-order chi connectivity index (χ0) is 17.2. The molecule has 3 fully saturated rings. The number of carbonyl (C=O) groups excluding carboxylic acids is 1. The Morgan fingerprint density at radius 3 is 2.48 bits per heavy atom. The molecule has 0 saturated carbocycles. The third kappa shape index (κ3) is 3.72. The van der Waals surface area contributed by atoms with E-state index in [0.29, 0.717) is 24.5 Å². The van der Waals surface area contributed by atoms with Gasteiger partial charge in [-0.05, 0) is 63.7 Å². The van der Waals surface area contributed by atoms with Crippen LogP contribution < -0.4 is 10.6 Å². The third-order valence-electron chi connectivity index (χ3n) is 6.21. The predicted molar refractivity (Wildman–Crippen MR) is 100.0 cm³/mol. The van der Waals surface area contributed by atoms with Crippen LogP contribution in [0.25, 0.3) is 0 Å². The SMILES string of the molecule is NC1CC2CCC(C1)N2c1ccc(C(=O)CCN2CCCCC2)cn1. The molecule has 1 aromatic heterocycles. The Labute approximate surface area is 150 Å². The summed E-state index contributed by atoms with van der Waals surface area (Å²) < 4.78 is 0. The minimum atomic E-state index is 0.216. The van der Waals surface area contributed by atoms with E-state index in [-0.39, 0.29) is 5.78 Å². The lowest BCUT2D eigenvalue weighted by molar-refractivity contribution is 0.0958. The standard InChI is InChI=1S/C20H30N4O/c21-16-12-17-5-6-18(13-16)24(17)20-7-4-15(14-22-20)19(25)8-11-23-9-2-1-3-10-23/h4,7,14,16-18H,1-3,5-6,8-13,21H2. The van der Waals surface area contributed by atoms with Gasteiger partial charge in [-0.15, -0.1) is 0 Å². The average molecular weight is 342 g/mol. The summed E-state index contributed by atoms with van der Waals surface area (Å²) in [6.07, 6.45) is 10.8. The number of hydrogen-bond acceptors (Lipinski definition) is 5. The Morgan fingerprint density at radius 2 is 1.84 bits per heavy atom. The maximum absolute atomic E-state index is 12.5. The normalized spacial score (nSPS) is 29.8. The molecule has 5 nitrogen and oxygen atoms in total. The van der Waals surface area contributed by atoms with Gasteiger partial charge in [0, 0.05) is 42.9 Å². The summed E-state index contributed by atoms with van der Waals surface area (Å²) in [7, 11) is 0. The van der Waals surface area contributed by atoms with Crippen LogP contribution in [0.1, 0.15) is 61.7 Å². The zero-order valence-corrected chi connectivity index (χ0v) is 15.1. The topological polar surface area (TPSA) is 62.5 Å². The highest BCUT2D eigenvalue weighted by molar-refractivity contribution is 5.96. The number of carbonyl (C=O) groups is 1. The van der Waals surface area contributed by atoms with Crippen LogP contribution in [0.5, 0.6) is 0 Å². The van der Waals surface area contributed by atoms with Crippen LogP contribution in [0.2, 0.25) is 0 Å². The molecule has 3 saturated heterocycles. The van der Waals surface area contributed by atoms with Crippen LogP contribution in [0, 0.1) is 0 Å². The minimum absolute atomic E-state index is 0.216. The first-order valence-electron chi connectivity index (χ1n) is 9.96. The number of aromatic nitrogens is 1. The molecular weight excluding hydrogens is 312 g/mol. The molecule has 0 aliphatic carbocycles. The number of nitrogens with zero attached hydrogens (tertiary/aromatic N) is 3. The molecule has 2 N–H and O–H groups in total. The highest BCUT2D eigenvalue weighted by Gasteiger charge is 2.40. The second-order valence-corrected chi connectivity index (χ2v) is 8.00. The maximum Gasteiger partial charge on any atom is 0.165 e. The van der Waals surface area contributed by atoms with Gasteiger partial charge in [-0.1, -0.05) is 6.42 Å². The molecule has 4 rings (SSSR count). The molecule has 2 bridgehead atoms. The molecule has 0 amide bonds. The Kier molecular flexibility index (Phi) is 5.04. The molecular formula is C20H30N4O. The van der Waals surface area contributed by atoms with Crippen LogP contribution in [0.3, 0.4) is 0 Å². The fraction of sp³-hybridized carbons (Fsp3) is 0.700. The Balaban J connectivity index is 1.36. The van der Waals surface area contributed by atoms with Crippen LogP contribution in [0.4, 0.5) is 5.82 Å². The van der Waals surface area contributed by atoms with Gasteiger partial charge in [0.1, 0.15) is 5.82 Å². The van der Waals surface area contributed by atoms with E-state index < -0.39 is 0 Å². The van der Waals surface area contributed by atoms with Gasteiger partial charge in [0.25, 0.3) is 0 Å². The van der Waals surface area contributed by atoms with Crippen LogP contribution >= 0.6 is 0 Å². The van der Waals surface area contributed by atoms with Crippen molar-refractivity contribution in [2.45, 2.75) is 69.5 Å². The monoisotopic (exact) mass is 342 g/mol. The predicted octanol–water partition coefficient (Wildman–Crippen LogP) is 2.60. The van der Waals surface area contributed by atoms with Crippen LogP contribution in [0.15, 0.2) is 18.3 Å². The largest absolute Gasteiger partial charge is 0.351 e. The van der Waals surface area contributed by atoms with Crippen LogP contribution in [-0.2, 0) is 0 Å². The molecule has 136 valence electrons. The van der Waals surface area contributed by atoms with E-state index in [0.717, 1.165) is 43.9 Å². The molecule has 2 atom stereocenters. The summed E-state index contributed by atoms with van der Waals surface area (Å²) >= 11 is 0. The van der Waals surface area contributed by atoms with Crippen molar-refractivity contribution in [2.24, 2.45) is 5.73 Å². The third-order valence-corrected chi connectivity index (χ3v) is 6.21. The fourth-order valence-corrected chi connectivity index (χ4v) is 4.88. The van der Waals surface area contributed by atoms with Gasteiger partial charge in [-0.3, -0.25) is 4.79 Å². The van der Waals surface area contributed by atoms with E-state index >= 15 is 0 Å². The lowest BCUT2D eigenvalue weighted by Gasteiger charge is -2.38. The molecule has 3 aliphatic heterocycles. The molecule has 1 aromatic rings. The summed E-state index contributed by atoms with van der Waals surface area (Å²) in [5.74, 6) is 1.24. The van der Waals surface area contributed by atoms with Gasteiger partial charge in [0.05, 0.1) is 0 Å². The number of Topliss-reactive ketones (excluding diaryl/α,β-unsaturated/α-hetero) is 1. The Bertz CT molecular complexity index is 582. The maximum atomic E-state index is 12.5. The smallest absolute Gasteiger partial charge is 0.165 e. The van der Waals surface area contributed by atoms with Crippen molar-refractivity contribution in [2.75, 3.05) is 24.5 Å². The molecule has 0 spiro atoms. The fourth-order valence-electron chi connectivity index (χ4n) is 4.88. The van der Waals surface area contributed by atoms with Crippen molar-refractivity contribution in [3.05, 3.63) is 23.9 Å². The second-order valence-electron chi connectivity index (χ2n) is 8.00. The van der Waals surface area contributed by atoms with Gasteiger partial charge in [0.15, 0.2) is 5.78 Å².